The van der Waals surface area contributed by atoms with Crippen molar-refractivity contribution < 1.29 is 34.1 Å². The first-order valence-electron chi connectivity index (χ1n) is 6.47. The van der Waals surface area contributed by atoms with Crippen LogP contribution < -0.4 is 5.32 Å². The number of amides is 1. The second-order valence-corrected chi connectivity index (χ2v) is 4.44. The van der Waals surface area contributed by atoms with Crippen molar-refractivity contribution in [3.63, 3.8) is 0 Å². The number of ether oxygens (including phenoxy) is 1. The first-order valence-corrected chi connectivity index (χ1v) is 6.47. The minimum Gasteiger partial charge on any atom is -0.480 e. The Hall–Kier alpha value is -3.16. The Morgan fingerprint density at radius 2 is 1.78 bits per heavy atom. The molecule has 0 bridgehead atoms. The number of rotatable bonds is 7. The molecule has 23 heavy (non-hydrogen) atoms. The molecule has 3 N–H and O–H groups in total. The fraction of sp³-hybridized carbons (Fsp3) is 0.200. The van der Waals surface area contributed by atoms with Crippen LogP contribution in [0.5, 0.6) is 0 Å². The largest absolute Gasteiger partial charge is 0.480 e. The van der Waals surface area contributed by atoms with Crippen molar-refractivity contribution in [2.75, 3.05) is 6.54 Å². The van der Waals surface area contributed by atoms with Gasteiger partial charge in [0.2, 0.25) is 6.10 Å². The fourth-order valence-corrected chi connectivity index (χ4v) is 1.64. The van der Waals surface area contributed by atoms with Gasteiger partial charge in [0.1, 0.15) is 6.54 Å². The van der Waals surface area contributed by atoms with Crippen molar-refractivity contribution >= 4 is 29.9 Å². The van der Waals surface area contributed by atoms with E-state index >= 15 is 0 Å². The van der Waals surface area contributed by atoms with E-state index in [1.165, 1.54) is 30.3 Å². The zero-order valence-corrected chi connectivity index (χ0v) is 12.2. The Kier molecular flexibility index (Phi) is 6.47. The molecule has 0 aliphatic rings. The lowest BCUT2D eigenvalue weighted by atomic mass is 10.1. The number of hydrogen-bond donors (Lipinski definition) is 3. The number of carbonyl (C=O) groups is 4. The highest BCUT2D eigenvalue weighted by Crippen LogP contribution is 2.19. The van der Waals surface area contributed by atoms with Crippen molar-refractivity contribution in [1.29, 1.82) is 0 Å². The van der Waals surface area contributed by atoms with Crippen LogP contribution in [-0.2, 0) is 23.9 Å². The van der Waals surface area contributed by atoms with E-state index in [9.17, 15) is 19.2 Å². The number of carboxylic acid groups (broad SMARTS) is 2. The summed E-state index contributed by atoms with van der Waals surface area (Å²) in [5.41, 5.74) is 0.902. The molecule has 0 aliphatic heterocycles. The number of nitrogens with one attached hydrogen (secondary N) is 1. The molecular formula is C15H15NO7. The molecule has 0 fully saturated rings. The SMILES string of the molecule is CC(=O)OC(C(=O)NCC(=O)O)c1ccc(/C=C/C(=O)O)cc1. The summed E-state index contributed by atoms with van der Waals surface area (Å²) < 4.78 is 4.91. The molecule has 0 aliphatic carbocycles. The molecule has 0 saturated carbocycles. The quantitative estimate of drug-likeness (QED) is 0.495. The van der Waals surface area contributed by atoms with Gasteiger partial charge < -0.3 is 20.3 Å². The van der Waals surface area contributed by atoms with Crippen LogP contribution >= 0.6 is 0 Å². The predicted molar refractivity (Wildman–Crippen MR) is 78.3 cm³/mol. The van der Waals surface area contributed by atoms with Crippen LogP contribution in [0, 0.1) is 0 Å². The van der Waals surface area contributed by atoms with E-state index in [0.29, 0.717) is 11.1 Å². The maximum absolute atomic E-state index is 11.9. The summed E-state index contributed by atoms with van der Waals surface area (Å²) in [7, 11) is 0. The topological polar surface area (TPSA) is 130 Å². The van der Waals surface area contributed by atoms with Crippen LogP contribution in [0.4, 0.5) is 0 Å². The van der Waals surface area contributed by atoms with Gasteiger partial charge in [-0.3, -0.25) is 14.4 Å². The molecule has 1 aromatic rings. The summed E-state index contributed by atoms with van der Waals surface area (Å²) in [4.78, 5) is 44.0. The molecule has 0 radical (unpaired) electrons. The Balaban J connectivity index is 2.93. The summed E-state index contributed by atoms with van der Waals surface area (Å²) in [6.45, 7) is 0.525. The number of carboxylic acids is 2. The summed E-state index contributed by atoms with van der Waals surface area (Å²) in [5, 5.41) is 19.2. The predicted octanol–water partition coefficient (Wildman–Crippen LogP) is 0.589. The minimum atomic E-state index is -1.29. The zero-order chi connectivity index (χ0) is 17.4. The van der Waals surface area contributed by atoms with Gasteiger partial charge in [-0.15, -0.1) is 0 Å². The highest BCUT2D eigenvalue weighted by atomic mass is 16.5. The van der Waals surface area contributed by atoms with Crippen molar-refractivity contribution in [1.82, 2.24) is 5.32 Å². The molecule has 1 aromatic carbocycles. The highest BCUT2D eigenvalue weighted by Gasteiger charge is 2.24. The van der Waals surface area contributed by atoms with Crippen LogP contribution in [0.25, 0.3) is 6.08 Å². The third-order valence-corrected chi connectivity index (χ3v) is 2.59. The number of hydrogen-bond acceptors (Lipinski definition) is 5. The lowest BCUT2D eigenvalue weighted by Crippen LogP contribution is -2.35. The molecule has 1 rings (SSSR count). The zero-order valence-electron chi connectivity index (χ0n) is 12.2. The fourth-order valence-electron chi connectivity index (χ4n) is 1.64. The molecule has 1 atom stereocenters. The lowest BCUT2D eigenvalue weighted by molar-refractivity contribution is -0.154. The van der Waals surface area contributed by atoms with Crippen molar-refractivity contribution in [3.05, 3.63) is 41.5 Å². The van der Waals surface area contributed by atoms with Gasteiger partial charge in [-0.25, -0.2) is 4.79 Å². The van der Waals surface area contributed by atoms with E-state index in [1.807, 2.05) is 0 Å². The molecule has 0 aromatic heterocycles. The van der Waals surface area contributed by atoms with Gasteiger partial charge in [0.25, 0.3) is 5.91 Å². The van der Waals surface area contributed by atoms with Gasteiger partial charge in [-0.1, -0.05) is 24.3 Å². The molecule has 8 heteroatoms. The maximum atomic E-state index is 11.9. The Morgan fingerprint density at radius 1 is 1.17 bits per heavy atom. The second-order valence-electron chi connectivity index (χ2n) is 4.44. The van der Waals surface area contributed by atoms with Crippen molar-refractivity contribution in [2.45, 2.75) is 13.0 Å². The summed E-state index contributed by atoms with van der Waals surface area (Å²) in [6, 6.07) is 6.04. The van der Waals surface area contributed by atoms with Crippen LogP contribution in [0.2, 0.25) is 0 Å². The second kappa shape index (κ2) is 8.32. The smallest absolute Gasteiger partial charge is 0.328 e. The minimum absolute atomic E-state index is 0.329. The van der Waals surface area contributed by atoms with Crippen molar-refractivity contribution in [2.24, 2.45) is 0 Å². The molecule has 0 heterocycles. The molecular weight excluding hydrogens is 306 g/mol. The van der Waals surface area contributed by atoms with Gasteiger partial charge in [0.05, 0.1) is 0 Å². The van der Waals surface area contributed by atoms with Gasteiger partial charge in [0, 0.05) is 18.6 Å². The first-order chi connectivity index (χ1) is 10.8. The molecule has 1 unspecified atom stereocenters. The third kappa shape index (κ3) is 6.42. The van der Waals surface area contributed by atoms with E-state index in [2.05, 4.69) is 5.32 Å². The summed E-state index contributed by atoms with van der Waals surface area (Å²) >= 11 is 0. The molecule has 0 spiro atoms. The number of benzene rings is 1. The van der Waals surface area contributed by atoms with Crippen molar-refractivity contribution in [3.8, 4) is 0 Å². The molecule has 1 amide bonds. The van der Waals surface area contributed by atoms with Crippen LogP contribution in [0.3, 0.4) is 0 Å². The van der Waals surface area contributed by atoms with E-state index < -0.39 is 36.5 Å². The number of esters is 1. The average molecular weight is 321 g/mol. The number of carbonyl (C=O) groups excluding carboxylic acids is 2. The maximum Gasteiger partial charge on any atom is 0.328 e. The molecule has 8 nitrogen and oxygen atoms in total. The van der Waals surface area contributed by atoms with Crippen LogP contribution in [-0.4, -0.2) is 40.6 Å². The Bertz CT molecular complexity index is 634. The van der Waals surface area contributed by atoms with Gasteiger partial charge in [-0.05, 0) is 11.6 Å². The molecule has 122 valence electrons. The summed E-state index contributed by atoms with van der Waals surface area (Å²) in [5.74, 6) is -3.79. The molecule has 0 saturated heterocycles. The van der Waals surface area contributed by atoms with E-state index in [0.717, 1.165) is 13.0 Å². The van der Waals surface area contributed by atoms with E-state index in [4.69, 9.17) is 14.9 Å². The normalized spacial score (nSPS) is 11.7. The highest BCUT2D eigenvalue weighted by molar-refractivity contribution is 5.87. The third-order valence-electron chi connectivity index (χ3n) is 2.59. The van der Waals surface area contributed by atoms with Gasteiger partial charge in [-0.2, -0.15) is 0 Å². The van der Waals surface area contributed by atoms with Gasteiger partial charge in [0.15, 0.2) is 0 Å². The van der Waals surface area contributed by atoms with E-state index in [-0.39, 0.29) is 0 Å². The lowest BCUT2D eigenvalue weighted by Gasteiger charge is -2.16. The number of aliphatic carboxylic acids is 2. The Labute approximate surface area is 131 Å². The van der Waals surface area contributed by atoms with Gasteiger partial charge >= 0.3 is 17.9 Å². The first kappa shape index (κ1) is 17.9. The van der Waals surface area contributed by atoms with Crippen LogP contribution in [0.1, 0.15) is 24.2 Å². The standard InChI is InChI=1S/C15H15NO7/c1-9(17)23-14(15(22)16-8-13(20)21)11-5-2-10(3-6-11)4-7-12(18)19/h2-7,14H,8H2,1H3,(H,16,22)(H,18,19)(H,20,21)/b7-4+. The van der Waals surface area contributed by atoms with Crippen LogP contribution in [0.15, 0.2) is 30.3 Å². The summed E-state index contributed by atoms with van der Waals surface area (Å²) in [6.07, 6.45) is 1.03. The monoisotopic (exact) mass is 321 g/mol. The van der Waals surface area contributed by atoms with E-state index in [1.54, 1.807) is 0 Å². The average Bonchev–Trinajstić information content (AvgIpc) is 2.48. The Morgan fingerprint density at radius 3 is 2.26 bits per heavy atom.